The molecule has 29 heavy (non-hydrogen) atoms. The summed E-state index contributed by atoms with van der Waals surface area (Å²) in [6.07, 6.45) is 2.63. The van der Waals surface area contributed by atoms with E-state index in [0.717, 1.165) is 34.4 Å². The molecule has 0 bridgehead atoms. The molecule has 4 rings (SSSR count). The average molecular weight is 434 g/mol. The second-order valence-electron chi connectivity index (χ2n) is 6.90. The van der Waals surface area contributed by atoms with Gasteiger partial charge in [0.15, 0.2) is 0 Å². The third kappa shape index (κ3) is 3.90. The van der Waals surface area contributed by atoms with Crippen LogP contribution in [0.1, 0.15) is 34.1 Å². The minimum absolute atomic E-state index is 0.175. The number of rotatable bonds is 5. The number of esters is 1. The van der Waals surface area contributed by atoms with Gasteiger partial charge in [0.1, 0.15) is 11.5 Å². The van der Waals surface area contributed by atoms with Crippen molar-refractivity contribution in [3.05, 3.63) is 44.1 Å². The zero-order valence-corrected chi connectivity index (χ0v) is 17.5. The highest BCUT2D eigenvalue weighted by molar-refractivity contribution is 7.17. The molecule has 1 aliphatic carbocycles. The Balaban J connectivity index is 1.56. The second-order valence-corrected chi connectivity index (χ2v) is 8.96. The normalized spacial score (nSPS) is 15.7. The van der Waals surface area contributed by atoms with Gasteiger partial charge in [-0.15, -0.1) is 27.8 Å². The number of ether oxygens (including phenoxy) is 1. The smallest absolute Gasteiger partial charge is 0.437 e. The highest BCUT2D eigenvalue weighted by Gasteiger charge is 2.29. The molecule has 3 aromatic heterocycles. The number of fused-ring (bicyclic) bond motifs is 1. The first-order valence-electron chi connectivity index (χ1n) is 9.10. The number of carbonyl (C=O) groups excluding carboxylic acids is 2. The Kier molecular flexibility index (Phi) is 5.37. The van der Waals surface area contributed by atoms with Crippen LogP contribution in [-0.4, -0.2) is 28.8 Å². The van der Waals surface area contributed by atoms with Gasteiger partial charge in [0.2, 0.25) is 5.91 Å². The highest BCUT2D eigenvalue weighted by atomic mass is 32.1. The maximum atomic E-state index is 12.6. The lowest BCUT2D eigenvalue weighted by molar-refractivity contribution is -0.117. The first-order chi connectivity index (χ1) is 14.0. The third-order valence-electron chi connectivity index (χ3n) is 4.79. The lowest BCUT2D eigenvalue weighted by Crippen LogP contribution is -2.26. The van der Waals surface area contributed by atoms with Gasteiger partial charge in [-0.3, -0.25) is 4.79 Å². The minimum atomic E-state index is -0.712. The van der Waals surface area contributed by atoms with E-state index < -0.39 is 17.6 Å². The Labute approximate surface area is 174 Å². The van der Waals surface area contributed by atoms with Crippen molar-refractivity contribution < 1.29 is 18.7 Å². The van der Waals surface area contributed by atoms with Gasteiger partial charge in [0.05, 0.1) is 17.6 Å². The van der Waals surface area contributed by atoms with Gasteiger partial charge >= 0.3 is 11.7 Å². The Morgan fingerprint density at radius 3 is 3.00 bits per heavy atom. The number of methoxy groups -OCH3 is 1. The molecule has 1 N–H and O–H groups in total. The number of nitrogens with one attached hydrogen (secondary N) is 1. The fraction of sp³-hybridized carbons (Fsp3) is 0.368. The summed E-state index contributed by atoms with van der Waals surface area (Å²) < 4.78 is 11.0. The lowest BCUT2D eigenvalue weighted by Gasteiger charge is -2.18. The van der Waals surface area contributed by atoms with Crippen molar-refractivity contribution in [3.8, 4) is 10.8 Å². The van der Waals surface area contributed by atoms with Gasteiger partial charge in [-0.1, -0.05) is 13.0 Å². The Hall–Kier alpha value is -2.72. The zero-order chi connectivity index (χ0) is 20.5. The Morgan fingerprint density at radius 2 is 2.28 bits per heavy atom. The maximum Gasteiger partial charge on any atom is 0.437 e. The van der Waals surface area contributed by atoms with Crippen LogP contribution < -0.4 is 11.1 Å². The molecule has 0 unspecified atom stereocenters. The van der Waals surface area contributed by atoms with E-state index in [2.05, 4.69) is 17.3 Å². The largest absolute Gasteiger partial charge is 0.465 e. The number of hydrogen-bond donors (Lipinski definition) is 1. The van der Waals surface area contributed by atoms with Crippen LogP contribution in [0.2, 0.25) is 0 Å². The first kappa shape index (κ1) is 19.6. The number of anilines is 1. The standard InChI is InChI=1S/C19H19N3O5S2/c1-10-5-6-11-13(8-10)29-17(15(11)18(24)26-2)20-14(23)9-22-19(25)27-16(21-22)12-4-3-7-28-12/h3-4,7,10H,5-6,8-9H2,1-2H3,(H,20,23)/t10-/m1/s1. The van der Waals surface area contributed by atoms with E-state index in [0.29, 0.717) is 21.4 Å². The van der Waals surface area contributed by atoms with Crippen molar-refractivity contribution in [1.82, 2.24) is 9.78 Å². The van der Waals surface area contributed by atoms with Crippen LogP contribution in [0, 0.1) is 5.92 Å². The molecule has 1 amide bonds. The van der Waals surface area contributed by atoms with E-state index >= 15 is 0 Å². The molecule has 0 spiro atoms. The molecule has 8 nitrogen and oxygen atoms in total. The molecule has 0 saturated heterocycles. The number of carbonyl (C=O) groups is 2. The molecule has 0 radical (unpaired) electrons. The number of hydrogen-bond acceptors (Lipinski definition) is 8. The summed E-state index contributed by atoms with van der Waals surface area (Å²) in [5.74, 6) is -0.940. The molecule has 3 heterocycles. The summed E-state index contributed by atoms with van der Waals surface area (Å²) in [5, 5.41) is 9.14. The van der Waals surface area contributed by atoms with Crippen LogP contribution in [-0.2, 0) is 28.9 Å². The van der Waals surface area contributed by atoms with E-state index in [1.54, 1.807) is 6.07 Å². The van der Waals surface area contributed by atoms with Crippen molar-refractivity contribution in [1.29, 1.82) is 0 Å². The fourth-order valence-electron chi connectivity index (χ4n) is 3.37. The average Bonchev–Trinajstić information content (AvgIpc) is 3.40. The van der Waals surface area contributed by atoms with Gasteiger partial charge in [-0.25, -0.2) is 9.59 Å². The monoisotopic (exact) mass is 433 g/mol. The molecule has 1 atom stereocenters. The van der Waals surface area contributed by atoms with Crippen LogP contribution in [0.3, 0.4) is 0 Å². The summed E-state index contributed by atoms with van der Waals surface area (Å²) >= 11 is 2.78. The Bertz CT molecular complexity index is 1110. The summed E-state index contributed by atoms with van der Waals surface area (Å²) in [5.41, 5.74) is 1.37. The quantitative estimate of drug-likeness (QED) is 0.620. The predicted molar refractivity (Wildman–Crippen MR) is 110 cm³/mol. The van der Waals surface area contributed by atoms with Crippen LogP contribution >= 0.6 is 22.7 Å². The maximum absolute atomic E-state index is 12.6. The molecule has 0 saturated carbocycles. The van der Waals surface area contributed by atoms with Crippen molar-refractivity contribution in [3.63, 3.8) is 0 Å². The molecule has 0 fully saturated rings. The second kappa shape index (κ2) is 7.96. The van der Waals surface area contributed by atoms with Crippen molar-refractivity contribution in [2.75, 3.05) is 12.4 Å². The summed E-state index contributed by atoms with van der Waals surface area (Å²) in [4.78, 5) is 38.7. The van der Waals surface area contributed by atoms with Gasteiger partial charge in [-0.2, -0.15) is 4.68 Å². The summed E-state index contributed by atoms with van der Waals surface area (Å²) in [6, 6.07) is 3.60. The molecule has 3 aromatic rings. The lowest BCUT2D eigenvalue weighted by atomic mass is 9.88. The predicted octanol–water partition coefficient (Wildman–Crippen LogP) is 3.18. The summed E-state index contributed by atoms with van der Waals surface area (Å²) in [6.45, 7) is 1.86. The van der Waals surface area contributed by atoms with Crippen LogP contribution in [0.5, 0.6) is 0 Å². The molecular formula is C19H19N3O5S2. The van der Waals surface area contributed by atoms with Crippen molar-refractivity contribution in [2.45, 2.75) is 32.7 Å². The van der Waals surface area contributed by atoms with E-state index in [9.17, 15) is 14.4 Å². The fourth-order valence-corrected chi connectivity index (χ4v) is 5.42. The van der Waals surface area contributed by atoms with E-state index in [4.69, 9.17) is 9.15 Å². The van der Waals surface area contributed by atoms with Gasteiger partial charge in [-0.05, 0) is 42.2 Å². The summed E-state index contributed by atoms with van der Waals surface area (Å²) in [7, 11) is 1.32. The van der Waals surface area contributed by atoms with Gasteiger partial charge < -0.3 is 14.5 Å². The zero-order valence-electron chi connectivity index (χ0n) is 15.9. The Morgan fingerprint density at radius 1 is 1.45 bits per heavy atom. The van der Waals surface area contributed by atoms with Crippen molar-refractivity contribution in [2.24, 2.45) is 5.92 Å². The van der Waals surface area contributed by atoms with E-state index in [-0.39, 0.29) is 12.4 Å². The molecular weight excluding hydrogens is 414 g/mol. The van der Waals surface area contributed by atoms with Gasteiger partial charge in [0.25, 0.3) is 5.89 Å². The third-order valence-corrected chi connectivity index (χ3v) is 6.81. The SMILES string of the molecule is COC(=O)c1c(NC(=O)Cn2nc(-c3cccs3)oc2=O)sc2c1CC[C@@H](C)C2. The molecule has 0 aliphatic heterocycles. The number of amides is 1. The van der Waals surface area contributed by atoms with Crippen LogP contribution in [0.25, 0.3) is 10.8 Å². The van der Waals surface area contributed by atoms with E-state index in [1.807, 2.05) is 11.4 Å². The van der Waals surface area contributed by atoms with Crippen LogP contribution in [0.4, 0.5) is 5.00 Å². The molecule has 10 heteroatoms. The number of nitrogens with zero attached hydrogens (tertiary/aromatic N) is 2. The number of aromatic nitrogens is 2. The van der Waals surface area contributed by atoms with Crippen LogP contribution in [0.15, 0.2) is 26.7 Å². The molecule has 1 aliphatic rings. The topological polar surface area (TPSA) is 103 Å². The van der Waals surface area contributed by atoms with Crippen molar-refractivity contribution >= 4 is 39.6 Å². The van der Waals surface area contributed by atoms with E-state index in [1.165, 1.54) is 29.8 Å². The highest BCUT2D eigenvalue weighted by Crippen LogP contribution is 2.40. The molecule has 0 aromatic carbocycles. The molecule has 152 valence electrons. The first-order valence-corrected chi connectivity index (χ1v) is 10.8. The number of thiophene rings is 2. The van der Waals surface area contributed by atoms with Gasteiger partial charge in [0, 0.05) is 4.88 Å². The minimum Gasteiger partial charge on any atom is -0.465 e.